The number of hydrogen-bond acceptors (Lipinski definition) is 2. The molecule has 0 radical (unpaired) electrons. The van der Waals surface area contributed by atoms with Crippen molar-refractivity contribution in [1.82, 2.24) is 10.3 Å². The highest BCUT2D eigenvalue weighted by molar-refractivity contribution is 5.14. The molecule has 2 rings (SSSR count). The third-order valence-corrected chi connectivity index (χ3v) is 4.23. The molecule has 0 saturated heterocycles. The molecule has 0 aliphatic heterocycles. The van der Waals surface area contributed by atoms with Crippen LogP contribution in [0.1, 0.15) is 50.5 Å². The van der Waals surface area contributed by atoms with Gasteiger partial charge < -0.3 is 5.32 Å². The van der Waals surface area contributed by atoms with Crippen LogP contribution in [0.4, 0.5) is 0 Å². The van der Waals surface area contributed by atoms with Gasteiger partial charge >= 0.3 is 0 Å². The van der Waals surface area contributed by atoms with Crippen LogP contribution in [0.2, 0.25) is 0 Å². The van der Waals surface area contributed by atoms with Gasteiger partial charge in [0.25, 0.3) is 0 Å². The lowest BCUT2D eigenvalue weighted by Gasteiger charge is -2.36. The van der Waals surface area contributed by atoms with Crippen molar-refractivity contribution in [3.05, 3.63) is 29.6 Å². The molecule has 1 heterocycles. The van der Waals surface area contributed by atoms with Crippen molar-refractivity contribution in [2.45, 2.75) is 46.1 Å². The molecular weight excluding hydrogens is 220 g/mol. The zero-order chi connectivity index (χ0) is 13.1. The molecule has 1 saturated carbocycles. The maximum atomic E-state index is 4.71. The first-order valence-corrected chi connectivity index (χ1v) is 7.21. The molecule has 2 nitrogen and oxygen atoms in total. The number of hydrogen-bond donors (Lipinski definition) is 1. The van der Waals surface area contributed by atoms with E-state index in [1.807, 2.05) is 0 Å². The van der Waals surface area contributed by atoms with E-state index >= 15 is 0 Å². The summed E-state index contributed by atoms with van der Waals surface area (Å²) >= 11 is 0. The quantitative estimate of drug-likeness (QED) is 0.879. The van der Waals surface area contributed by atoms with Crippen molar-refractivity contribution in [3.8, 4) is 0 Å². The summed E-state index contributed by atoms with van der Waals surface area (Å²) in [7, 11) is 2.07. The highest BCUT2D eigenvalue weighted by atomic mass is 14.9. The van der Waals surface area contributed by atoms with E-state index in [0.29, 0.717) is 6.04 Å². The lowest BCUT2D eigenvalue weighted by atomic mass is 9.73. The molecule has 1 N–H and O–H groups in total. The van der Waals surface area contributed by atoms with E-state index in [2.05, 4.69) is 51.3 Å². The second-order valence-corrected chi connectivity index (χ2v) is 6.15. The predicted molar refractivity (Wildman–Crippen MR) is 76.4 cm³/mol. The van der Waals surface area contributed by atoms with Crippen molar-refractivity contribution in [2.24, 2.45) is 17.8 Å². The van der Waals surface area contributed by atoms with Gasteiger partial charge in [-0.2, -0.15) is 0 Å². The molecule has 0 bridgehead atoms. The van der Waals surface area contributed by atoms with E-state index in [9.17, 15) is 0 Å². The molecule has 0 spiro atoms. The summed E-state index contributed by atoms with van der Waals surface area (Å²) < 4.78 is 0. The van der Waals surface area contributed by atoms with E-state index in [1.54, 1.807) is 0 Å². The maximum Gasteiger partial charge on any atom is 0.0579 e. The van der Waals surface area contributed by atoms with Gasteiger partial charge in [0.2, 0.25) is 0 Å². The monoisotopic (exact) mass is 246 g/mol. The molecule has 1 aromatic rings. The zero-order valence-corrected chi connectivity index (χ0v) is 12.1. The number of rotatable bonds is 3. The first-order valence-electron chi connectivity index (χ1n) is 7.21. The Hall–Kier alpha value is -0.890. The molecule has 0 amide bonds. The highest BCUT2D eigenvalue weighted by Crippen LogP contribution is 2.39. The molecule has 0 aromatic carbocycles. The van der Waals surface area contributed by atoms with Crippen molar-refractivity contribution >= 4 is 0 Å². The smallest absolute Gasteiger partial charge is 0.0579 e. The summed E-state index contributed by atoms with van der Waals surface area (Å²) in [4.78, 5) is 4.71. The molecule has 3 atom stereocenters. The van der Waals surface area contributed by atoms with E-state index in [1.165, 1.54) is 25.0 Å². The Morgan fingerprint density at radius 3 is 2.39 bits per heavy atom. The van der Waals surface area contributed by atoms with Crippen LogP contribution in [0, 0.1) is 24.7 Å². The largest absolute Gasteiger partial charge is 0.311 e. The van der Waals surface area contributed by atoms with Gasteiger partial charge in [-0.3, -0.25) is 4.98 Å². The molecule has 100 valence electrons. The lowest BCUT2D eigenvalue weighted by molar-refractivity contribution is 0.179. The minimum Gasteiger partial charge on any atom is -0.311 e. The number of nitrogens with zero attached hydrogens (tertiary/aromatic N) is 1. The summed E-state index contributed by atoms with van der Waals surface area (Å²) in [6.07, 6.45) is 4.03. The Labute approximate surface area is 111 Å². The molecule has 1 aliphatic carbocycles. The van der Waals surface area contributed by atoms with E-state index in [4.69, 9.17) is 4.98 Å². The minimum atomic E-state index is 0.412. The average molecular weight is 246 g/mol. The average Bonchev–Trinajstić information content (AvgIpc) is 2.28. The molecular formula is C16H26N2. The van der Waals surface area contributed by atoms with Crippen LogP contribution >= 0.6 is 0 Å². The summed E-state index contributed by atoms with van der Waals surface area (Å²) in [6, 6.07) is 6.77. The third kappa shape index (κ3) is 3.11. The summed E-state index contributed by atoms with van der Waals surface area (Å²) in [5.41, 5.74) is 2.33. The number of aryl methyl sites for hydroxylation is 1. The Morgan fingerprint density at radius 1 is 1.17 bits per heavy atom. The highest BCUT2D eigenvalue weighted by Gasteiger charge is 2.30. The van der Waals surface area contributed by atoms with Crippen molar-refractivity contribution in [1.29, 1.82) is 0 Å². The Kier molecular flexibility index (Phi) is 4.39. The van der Waals surface area contributed by atoms with Crippen LogP contribution in [-0.4, -0.2) is 12.0 Å². The van der Waals surface area contributed by atoms with Gasteiger partial charge in [-0.05, 0) is 63.1 Å². The minimum absolute atomic E-state index is 0.412. The fraction of sp³-hybridized carbons (Fsp3) is 0.688. The summed E-state index contributed by atoms with van der Waals surface area (Å²) in [5, 5.41) is 3.49. The number of nitrogens with one attached hydrogen (secondary N) is 1. The molecule has 1 fully saturated rings. The van der Waals surface area contributed by atoms with Gasteiger partial charge in [-0.15, -0.1) is 0 Å². The molecule has 3 unspecified atom stereocenters. The van der Waals surface area contributed by atoms with Crippen LogP contribution < -0.4 is 5.32 Å². The second kappa shape index (κ2) is 5.83. The van der Waals surface area contributed by atoms with Crippen LogP contribution in [0.5, 0.6) is 0 Å². The topological polar surface area (TPSA) is 24.9 Å². The number of pyridine rings is 1. The van der Waals surface area contributed by atoms with Crippen LogP contribution in [-0.2, 0) is 0 Å². The third-order valence-electron chi connectivity index (χ3n) is 4.23. The molecule has 18 heavy (non-hydrogen) atoms. The van der Waals surface area contributed by atoms with Gasteiger partial charge in [-0.1, -0.05) is 19.9 Å². The first kappa shape index (κ1) is 13.5. The van der Waals surface area contributed by atoms with Crippen LogP contribution in [0.25, 0.3) is 0 Å². The normalized spacial score (nSPS) is 30.1. The second-order valence-electron chi connectivity index (χ2n) is 6.15. The molecule has 2 heteroatoms. The number of aromatic nitrogens is 1. The van der Waals surface area contributed by atoms with Crippen molar-refractivity contribution < 1.29 is 0 Å². The van der Waals surface area contributed by atoms with Gasteiger partial charge in [0.1, 0.15) is 0 Å². The van der Waals surface area contributed by atoms with Gasteiger partial charge in [0.05, 0.1) is 11.7 Å². The fourth-order valence-electron chi connectivity index (χ4n) is 3.64. The van der Waals surface area contributed by atoms with E-state index < -0.39 is 0 Å². The summed E-state index contributed by atoms with van der Waals surface area (Å²) in [6.45, 7) is 6.85. The Morgan fingerprint density at radius 2 is 1.83 bits per heavy atom. The standard InChI is InChI=1S/C16H26N2/c1-11-8-12(2)10-14(9-11)16(17-4)15-7-5-6-13(3)18-15/h5-7,11-12,14,16-17H,8-10H2,1-4H3. The zero-order valence-electron chi connectivity index (χ0n) is 12.1. The molecule has 1 aliphatic rings. The Bertz CT molecular complexity index is 378. The van der Waals surface area contributed by atoms with Gasteiger partial charge in [-0.25, -0.2) is 0 Å². The van der Waals surface area contributed by atoms with Gasteiger partial charge in [0, 0.05) is 5.69 Å². The van der Waals surface area contributed by atoms with Crippen LogP contribution in [0.15, 0.2) is 18.2 Å². The van der Waals surface area contributed by atoms with Crippen molar-refractivity contribution in [2.75, 3.05) is 7.05 Å². The van der Waals surface area contributed by atoms with Gasteiger partial charge in [0.15, 0.2) is 0 Å². The summed E-state index contributed by atoms with van der Waals surface area (Å²) in [5.74, 6) is 2.42. The van der Waals surface area contributed by atoms with Crippen LogP contribution in [0.3, 0.4) is 0 Å². The SMILES string of the molecule is CNC(c1cccc(C)n1)C1CC(C)CC(C)C1. The fourth-order valence-corrected chi connectivity index (χ4v) is 3.64. The lowest BCUT2D eigenvalue weighted by Crippen LogP contribution is -2.32. The predicted octanol–water partition coefficient (Wildman–Crippen LogP) is 3.72. The first-order chi connectivity index (χ1) is 8.60. The van der Waals surface area contributed by atoms with E-state index in [0.717, 1.165) is 23.4 Å². The molecule has 1 aromatic heterocycles. The maximum absolute atomic E-state index is 4.71. The van der Waals surface area contributed by atoms with Crippen molar-refractivity contribution in [3.63, 3.8) is 0 Å². The van der Waals surface area contributed by atoms with E-state index in [-0.39, 0.29) is 0 Å². The Balaban J connectivity index is 2.17.